The number of allylic oxidation sites excluding steroid dienone is 1. The van der Waals surface area contributed by atoms with Crippen LogP contribution in [-0.2, 0) is 16.0 Å². The van der Waals surface area contributed by atoms with Crippen LogP contribution >= 0.6 is 0 Å². The van der Waals surface area contributed by atoms with E-state index in [9.17, 15) is 18.0 Å². The van der Waals surface area contributed by atoms with Gasteiger partial charge in [0, 0.05) is 0 Å². The largest absolute Gasteiger partial charge is 0.469 e. The molecule has 0 amide bonds. The van der Waals surface area contributed by atoms with Crippen LogP contribution in [0, 0.1) is 5.92 Å². The Balaban J connectivity index is 2.61. The van der Waals surface area contributed by atoms with Crippen molar-refractivity contribution >= 4 is 11.5 Å². The Morgan fingerprint density at radius 1 is 1.25 bits per heavy atom. The molecule has 0 radical (unpaired) electrons. The van der Waals surface area contributed by atoms with Crippen LogP contribution in [-0.4, -0.2) is 19.3 Å². The molecule has 0 fully saturated rings. The third-order valence-electron chi connectivity index (χ3n) is 3.63. The number of rotatable bonds is 2. The van der Waals surface area contributed by atoms with E-state index in [0.29, 0.717) is 12.0 Å². The van der Waals surface area contributed by atoms with E-state index >= 15 is 0 Å². The topological polar surface area (TPSA) is 26.3 Å². The van der Waals surface area contributed by atoms with E-state index in [-0.39, 0.29) is 17.6 Å². The van der Waals surface area contributed by atoms with Gasteiger partial charge < -0.3 is 4.74 Å². The summed E-state index contributed by atoms with van der Waals surface area (Å²) >= 11 is 0. The number of fused-ring (bicyclic) bond motifs is 1. The van der Waals surface area contributed by atoms with Gasteiger partial charge in [0.25, 0.3) is 0 Å². The third kappa shape index (κ3) is 2.57. The molecule has 108 valence electrons. The molecule has 0 spiro atoms. The summed E-state index contributed by atoms with van der Waals surface area (Å²) in [6.45, 7) is 1.46. The maximum Gasteiger partial charge on any atom is 0.416 e. The second-order valence-electron chi connectivity index (χ2n) is 4.80. The van der Waals surface area contributed by atoms with Crippen molar-refractivity contribution in [2.45, 2.75) is 25.9 Å². The molecule has 1 unspecified atom stereocenters. The van der Waals surface area contributed by atoms with Gasteiger partial charge in [0.2, 0.25) is 0 Å². The number of hydrogen-bond donors (Lipinski definition) is 0. The number of benzene rings is 1. The van der Waals surface area contributed by atoms with Gasteiger partial charge in [-0.25, -0.2) is 0 Å². The van der Waals surface area contributed by atoms with E-state index in [2.05, 4.69) is 4.74 Å². The maximum atomic E-state index is 13.4. The molecule has 0 saturated heterocycles. The van der Waals surface area contributed by atoms with Crippen molar-refractivity contribution in [3.8, 4) is 0 Å². The fourth-order valence-corrected chi connectivity index (χ4v) is 2.64. The van der Waals surface area contributed by atoms with Crippen LogP contribution in [0.3, 0.4) is 0 Å². The summed E-state index contributed by atoms with van der Waals surface area (Å²) in [5, 5.41) is 0. The Morgan fingerprint density at radius 3 is 2.50 bits per heavy atom. The van der Waals surface area contributed by atoms with Gasteiger partial charge in [-0.3, -0.25) is 4.79 Å². The summed E-state index contributed by atoms with van der Waals surface area (Å²) < 4.78 is 44.7. The zero-order valence-electron chi connectivity index (χ0n) is 11.3. The van der Waals surface area contributed by atoms with Gasteiger partial charge in [-0.1, -0.05) is 24.3 Å². The zero-order valence-corrected chi connectivity index (χ0v) is 11.3. The molecule has 0 heterocycles. The Hall–Kier alpha value is -1.78. The Bertz CT molecular complexity index is 558. The number of carbonyl (C=O) groups is 1. The van der Waals surface area contributed by atoms with Crippen LogP contribution in [0.2, 0.25) is 0 Å². The van der Waals surface area contributed by atoms with Gasteiger partial charge in [0.1, 0.15) is 0 Å². The van der Waals surface area contributed by atoms with Crippen molar-refractivity contribution in [1.82, 2.24) is 0 Å². The van der Waals surface area contributed by atoms with Gasteiger partial charge in [-0.2, -0.15) is 13.2 Å². The fraction of sp³-hybridized carbons (Fsp3) is 0.400. The van der Waals surface area contributed by atoms with Crippen LogP contribution in [0.25, 0.3) is 5.57 Å². The highest BCUT2D eigenvalue weighted by Gasteiger charge is 2.41. The van der Waals surface area contributed by atoms with Crippen molar-refractivity contribution in [3.05, 3.63) is 41.0 Å². The summed E-state index contributed by atoms with van der Waals surface area (Å²) in [6.07, 6.45) is -3.75. The summed E-state index contributed by atoms with van der Waals surface area (Å²) in [4.78, 5) is 11.6. The molecule has 0 aromatic heterocycles. The quantitative estimate of drug-likeness (QED) is 0.773. The summed E-state index contributed by atoms with van der Waals surface area (Å²) in [6, 6.07) is 6.46. The van der Waals surface area contributed by atoms with Crippen molar-refractivity contribution in [3.63, 3.8) is 0 Å². The molecular weight excluding hydrogens is 269 g/mol. The van der Waals surface area contributed by atoms with Crippen molar-refractivity contribution in [2.24, 2.45) is 5.92 Å². The second kappa shape index (κ2) is 5.31. The SMILES string of the molecule is COC(=O)C(C)C1=C(C(F)(F)F)c2ccccc2CC1. The summed E-state index contributed by atoms with van der Waals surface area (Å²) in [5.74, 6) is -1.52. The average Bonchev–Trinajstić information content (AvgIpc) is 2.43. The fourth-order valence-electron chi connectivity index (χ4n) is 2.64. The molecule has 2 rings (SSSR count). The maximum absolute atomic E-state index is 13.4. The van der Waals surface area contributed by atoms with E-state index in [1.54, 1.807) is 18.2 Å². The second-order valence-corrected chi connectivity index (χ2v) is 4.80. The molecule has 0 bridgehead atoms. The van der Waals surface area contributed by atoms with E-state index in [1.807, 2.05) is 0 Å². The first-order valence-electron chi connectivity index (χ1n) is 6.32. The normalized spacial score (nSPS) is 16.6. The predicted octanol–water partition coefficient (Wildman–Crippen LogP) is 3.76. The van der Waals surface area contributed by atoms with Crippen molar-refractivity contribution < 1.29 is 22.7 Å². The molecule has 2 nitrogen and oxygen atoms in total. The number of alkyl halides is 3. The van der Waals surface area contributed by atoms with Gasteiger partial charge in [-0.05, 0) is 36.5 Å². The average molecular weight is 284 g/mol. The lowest BCUT2D eigenvalue weighted by Gasteiger charge is -2.27. The van der Waals surface area contributed by atoms with Gasteiger partial charge in [0.05, 0.1) is 18.6 Å². The molecule has 0 aliphatic heterocycles. The highest BCUT2D eigenvalue weighted by molar-refractivity contribution is 5.84. The molecule has 1 atom stereocenters. The van der Waals surface area contributed by atoms with Crippen LogP contribution < -0.4 is 0 Å². The molecule has 5 heteroatoms. The van der Waals surface area contributed by atoms with Gasteiger partial charge in [-0.15, -0.1) is 0 Å². The monoisotopic (exact) mass is 284 g/mol. The lowest BCUT2D eigenvalue weighted by Crippen LogP contribution is -2.25. The first kappa shape index (κ1) is 14.6. The summed E-state index contributed by atoms with van der Waals surface area (Å²) in [5.41, 5.74) is 0.276. The number of halogens is 3. The number of hydrogen-bond acceptors (Lipinski definition) is 2. The van der Waals surface area contributed by atoms with Crippen LogP contribution in [0.4, 0.5) is 13.2 Å². The standard InChI is InChI=1S/C15H15F3O2/c1-9(14(19)20-2)11-8-7-10-5-3-4-6-12(10)13(11)15(16,17)18/h3-6,9H,7-8H2,1-2H3. The third-order valence-corrected chi connectivity index (χ3v) is 3.63. The minimum absolute atomic E-state index is 0.114. The van der Waals surface area contributed by atoms with Crippen LogP contribution in [0.5, 0.6) is 0 Å². The van der Waals surface area contributed by atoms with Crippen LogP contribution in [0.1, 0.15) is 24.5 Å². The molecular formula is C15H15F3O2. The number of aryl methyl sites for hydroxylation is 1. The number of esters is 1. The molecule has 0 N–H and O–H groups in total. The zero-order chi connectivity index (χ0) is 14.9. The highest BCUT2D eigenvalue weighted by Crippen LogP contribution is 2.44. The molecule has 1 aromatic rings. The van der Waals surface area contributed by atoms with Gasteiger partial charge >= 0.3 is 12.1 Å². The van der Waals surface area contributed by atoms with E-state index in [4.69, 9.17) is 0 Å². The summed E-state index contributed by atoms with van der Waals surface area (Å²) in [7, 11) is 1.18. The van der Waals surface area contributed by atoms with E-state index in [1.165, 1.54) is 20.1 Å². The first-order valence-corrected chi connectivity index (χ1v) is 6.32. The first-order chi connectivity index (χ1) is 9.36. The minimum atomic E-state index is -4.48. The molecule has 0 saturated carbocycles. The lowest BCUT2D eigenvalue weighted by molar-refractivity contribution is -0.143. The molecule has 1 aliphatic rings. The minimum Gasteiger partial charge on any atom is -0.469 e. The highest BCUT2D eigenvalue weighted by atomic mass is 19.4. The smallest absolute Gasteiger partial charge is 0.416 e. The Labute approximate surface area is 115 Å². The molecule has 1 aromatic carbocycles. The van der Waals surface area contributed by atoms with Gasteiger partial charge in [0.15, 0.2) is 0 Å². The lowest BCUT2D eigenvalue weighted by atomic mass is 9.80. The molecule has 20 heavy (non-hydrogen) atoms. The van der Waals surface area contributed by atoms with E-state index in [0.717, 1.165) is 0 Å². The number of carbonyl (C=O) groups excluding carboxylic acids is 1. The molecule has 1 aliphatic carbocycles. The Kier molecular flexibility index (Phi) is 3.88. The number of methoxy groups -OCH3 is 1. The Morgan fingerprint density at radius 2 is 1.90 bits per heavy atom. The predicted molar refractivity (Wildman–Crippen MR) is 68.9 cm³/mol. The van der Waals surface area contributed by atoms with Crippen molar-refractivity contribution in [1.29, 1.82) is 0 Å². The number of ether oxygens (including phenoxy) is 1. The van der Waals surface area contributed by atoms with Crippen LogP contribution in [0.15, 0.2) is 29.8 Å². The van der Waals surface area contributed by atoms with Crippen molar-refractivity contribution in [2.75, 3.05) is 7.11 Å². The van der Waals surface area contributed by atoms with E-state index < -0.39 is 23.6 Å².